The highest BCUT2D eigenvalue weighted by molar-refractivity contribution is 7.15. The average molecular weight is 206 g/mol. The highest BCUT2D eigenvalue weighted by Gasteiger charge is 2.08. The van der Waals surface area contributed by atoms with E-state index in [1.54, 1.807) is 17.5 Å². The van der Waals surface area contributed by atoms with Crippen molar-refractivity contribution in [2.75, 3.05) is 11.9 Å². The van der Waals surface area contributed by atoms with E-state index < -0.39 is 0 Å². The summed E-state index contributed by atoms with van der Waals surface area (Å²) < 4.78 is 0. The molecular weight excluding hydrogens is 196 g/mol. The molecule has 2 heterocycles. The van der Waals surface area contributed by atoms with E-state index >= 15 is 0 Å². The summed E-state index contributed by atoms with van der Waals surface area (Å²) in [4.78, 5) is 6.15. The molecule has 5 heteroatoms. The first kappa shape index (κ1) is 9.08. The van der Waals surface area contributed by atoms with Crippen LogP contribution in [0.25, 0.3) is 0 Å². The second-order valence-electron chi connectivity index (χ2n) is 2.85. The monoisotopic (exact) mass is 206 g/mol. The first-order valence-electron chi connectivity index (χ1n) is 4.22. The van der Waals surface area contributed by atoms with Gasteiger partial charge in [-0.1, -0.05) is 17.4 Å². The normalized spacial score (nSPS) is 10.1. The summed E-state index contributed by atoms with van der Waals surface area (Å²) >= 11 is 1.55. The molecule has 0 radical (unpaired) electrons. The largest absolute Gasteiger partial charge is 0.304 e. The van der Waals surface area contributed by atoms with Gasteiger partial charge in [-0.25, -0.2) is 4.98 Å². The Bertz CT molecular complexity index is 412. The van der Waals surface area contributed by atoms with Crippen LogP contribution in [0.5, 0.6) is 0 Å². The van der Waals surface area contributed by atoms with Crippen molar-refractivity contribution in [3.63, 3.8) is 0 Å². The van der Waals surface area contributed by atoms with Crippen LogP contribution in [0.15, 0.2) is 24.4 Å². The lowest BCUT2D eigenvalue weighted by Crippen LogP contribution is -2.10. The summed E-state index contributed by atoms with van der Waals surface area (Å²) in [5, 5.41) is 9.83. The molecule has 0 saturated heterocycles. The van der Waals surface area contributed by atoms with Gasteiger partial charge >= 0.3 is 0 Å². The third kappa shape index (κ3) is 1.72. The Morgan fingerprint density at radius 3 is 2.71 bits per heavy atom. The molecule has 0 aliphatic heterocycles. The van der Waals surface area contributed by atoms with Crippen molar-refractivity contribution in [1.29, 1.82) is 0 Å². The van der Waals surface area contributed by atoms with Gasteiger partial charge in [-0.05, 0) is 19.1 Å². The molecule has 2 rings (SSSR count). The number of hydrogen-bond donors (Lipinski definition) is 0. The maximum atomic E-state index is 4.23. The quantitative estimate of drug-likeness (QED) is 0.753. The fraction of sp³-hybridized carbons (Fsp3) is 0.222. The summed E-state index contributed by atoms with van der Waals surface area (Å²) in [6, 6.07) is 5.78. The lowest BCUT2D eigenvalue weighted by atomic mass is 10.4. The number of aromatic nitrogens is 3. The minimum atomic E-state index is 0.862. The van der Waals surface area contributed by atoms with Crippen LogP contribution in [0.4, 0.5) is 10.9 Å². The van der Waals surface area contributed by atoms with E-state index in [2.05, 4.69) is 15.2 Å². The van der Waals surface area contributed by atoms with E-state index in [1.807, 2.05) is 37.1 Å². The first-order chi connectivity index (χ1) is 6.77. The van der Waals surface area contributed by atoms with Gasteiger partial charge in [0.05, 0.1) is 0 Å². The Morgan fingerprint density at radius 1 is 1.29 bits per heavy atom. The van der Waals surface area contributed by atoms with Crippen molar-refractivity contribution >= 4 is 22.3 Å². The summed E-state index contributed by atoms with van der Waals surface area (Å²) in [7, 11) is 1.93. The van der Waals surface area contributed by atoms with Crippen LogP contribution in [-0.2, 0) is 0 Å². The second kappa shape index (κ2) is 3.71. The zero-order valence-electron chi connectivity index (χ0n) is 8.01. The molecule has 0 fully saturated rings. The third-order valence-corrected chi connectivity index (χ3v) is 2.71. The molecule has 2 aromatic heterocycles. The van der Waals surface area contributed by atoms with Crippen molar-refractivity contribution < 1.29 is 0 Å². The summed E-state index contributed by atoms with van der Waals surface area (Å²) in [6.07, 6.45) is 1.76. The maximum absolute atomic E-state index is 4.23. The predicted molar refractivity (Wildman–Crippen MR) is 56.9 cm³/mol. The van der Waals surface area contributed by atoms with Gasteiger partial charge < -0.3 is 4.90 Å². The standard InChI is InChI=1S/C9H10N4S/c1-7-11-12-9(14-7)13(2)8-5-3-4-6-10-8/h3-6H,1-2H3. The zero-order chi connectivity index (χ0) is 9.97. The molecule has 4 nitrogen and oxygen atoms in total. The molecule has 0 unspecified atom stereocenters. The molecule has 0 amide bonds. The smallest absolute Gasteiger partial charge is 0.213 e. The van der Waals surface area contributed by atoms with Crippen LogP contribution in [0.1, 0.15) is 5.01 Å². The molecule has 0 saturated carbocycles. The minimum absolute atomic E-state index is 0.862. The summed E-state index contributed by atoms with van der Waals surface area (Å²) in [5.74, 6) is 0.878. The molecule has 0 aliphatic carbocycles. The number of aryl methyl sites for hydroxylation is 1. The lowest BCUT2D eigenvalue weighted by Gasteiger charge is -2.12. The molecule has 14 heavy (non-hydrogen) atoms. The van der Waals surface area contributed by atoms with E-state index in [4.69, 9.17) is 0 Å². The molecule has 0 aliphatic rings. The minimum Gasteiger partial charge on any atom is -0.304 e. The fourth-order valence-electron chi connectivity index (χ4n) is 1.07. The summed E-state index contributed by atoms with van der Waals surface area (Å²) in [5.41, 5.74) is 0. The molecule has 0 N–H and O–H groups in total. The van der Waals surface area contributed by atoms with Gasteiger partial charge in [-0.3, -0.25) is 0 Å². The van der Waals surface area contributed by atoms with Gasteiger partial charge in [-0.15, -0.1) is 10.2 Å². The topological polar surface area (TPSA) is 41.9 Å². The number of rotatable bonds is 2. The highest BCUT2D eigenvalue weighted by Crippen LogP contribution is 2.23. The Labute approximate surface area is 86.2 Å². The van der Waals surface area contributed by atoms with E-state index in [9.17, 15) is 0 Å². The van der Waals surface area contributed by atoms with Crippen molar-refractivity contribution in [2.45, 2.75) is 6.92 Å². The predicted octanol–water partition coefficient (Wildman–Crippen LogP) is 2.01. The van der Waals surface area contributed by atoms with Crippen molar-refractivity contribution in [3.05, 3.63) is 29.4 Å². The first-order valence-corrected chi connectivity index (χ1v) is 5.04. The van der Waals surface area contributed by atoms with Gasteiger partial charge in [0.25, 0.3) is 0 Å². The van der Waals surface area contributed by atoms with Crippen LogP contribution in [-0.4, -0.2) is 22.2 Å². The Morgan fingerprint density at radius 2 is 2.14 bits per heavy atom. The SMILES string of the molecule is Cc1nnc(N(C)c2ccccn2)s1. The lowest BCUT2D eigenvalue weighted by molar-refractivity contribution is 1.00. The molecule has 0 atom stereocenters. The van der Waals surface area contributed by atoms with E-state index in [1.165, 1.54) is 0 Å². The molecule has 0 aromatic carbocycles. The van der Waals surface area contributed by atoms with Crippen LogP contribution in [0.3, 0.4) is 0 Å². The van der Waals surface area contributed by atoms with Crippen LogP contribution >= 0.6 is 11.3 Å². The zero-order valence-corrected chi connectivity index (χ0v) is 8.82. The van der Waals surface area contributed by atoms with Gasteiger partial charge in [0, 0.05) is 13.2 Å². The van der Waals surface area contributed by atoms with E-state index in [0.717, 1.165) is 16.0 Å². The van der Waals surface area contributed by atoms with Gasteiger partial charge in [0.15, 0.2) is 0 Å². The maximum Gasteiger partial charge on any atom is 0.213 e. The molecule has 0 bridgehead atoms. The molecule has 2 aromatic rings. The summed E-state index contributed by atoms with van der Waals surface area (Å²) in [6.45, 7) is 1.94. The van der Waals surface area contributed by atoms with E-state index in [-0.39, 0.29) is 0 Å². The van der Waals surface area contributed by atoms with Crippen LogP contribution in [0, 0.1) is 6.92 Å². The fourth-order valence-corrected chi connectivity index (χ4v) is 1.73. The van der Waals surface area contributed by atoms with Gasteiger partial charge in [-0.2, -0.15) is 0 Å². The average Bonchev–Trinajstić information content (AvgIpc) is 2.65. The Balaban J connectivity index is 2.29. The second-order valence-corrected chi connectivity index (χ2v) is 4.01. The van der Waals surface area contributed by atoms with Crippen LogP contribution < -0.4 is 4.90 Å². The number of pyridine rings is 1. The molecular formula is C9H10N4S. The van der Waals surface area contributed by atoms with Gasteiger partial charge in [0.1, 0.15) is 10.8 Å². The Kier molecular flexibility index (Phi) is 2.41. The van der Waals surface area contributed by atoms with Crippen molar-refractivity contribution in [2.24, 2.45) is 0 Å². The molecule has 72 valence electrons. The Hall–Kier alpha value is -1.49. The number of anilines is 2. The molecule has 0 spiro atoms. The van der Waals surface area contributed by atoms with Crippen molar-refractivity contribution in [1.82, 2.24) is 15.2 Å². The van der Waals surface area contributed by atoms with E-state index in [0.29, 0.717) is 0 Å². The van der Waals surface area contributed by atoms with Crippen LogP contribution in [0.2, 0.25) is 0 Å². The number of nitrogens with zero attached hydrogens (tertiary/aromatic N) is 4. The van der Waals surface area contributed by atoms with Crippen molar-refractivity contribution in [3.8, 4) is 0 Å². The number of hydrogen-bond acceptors (Lipinski definition) is 5. The third-order valence-electron chi connectivity index (χ3n) is 1.80. The highest BCUT2D eigenvalue weighted by atomic mass is 32.1. The van der Waals surface area contributed by atoms with Gasteiger partial charge in [0.2, 0.25) is 5.13 Å².